The maximum atomic E-state index is 13.6. The summed E-state index contributed by atoms with van der Waals surface area (Å²) >= 11 is 0. The van der Waals surface area contributed by atoms with Crippen molar-refractivity contribution in [1.29, 1.82) is 5.26 Å². The zero-order valence-electron chi connectivity index (χ0n) is 19.5. The molecule has 2 bridgehead atoms. The Hall–Kier alpha value is -3.73. The standard InChI is InChI=1S/C24H21F3N4O5S/c1-22-11-30(14-4-3-5-16(8-14)37(29,34)35)12-23(2,36-22)19-18(22)20(32)31(21(19)33)15-7-6-13(10-28)17(9-15)24(25,26)27/h3-9,32-33H,11-12H2,1-2H3,(H2,29,34,35)/t22-,23+. The summed E-state index contributed by atoms with van der Waals surface area (Å²) in [4.78, 5) is 1.74. The zero-order valence-corrected chi connectivity index (χ0v) is 20.4. The van der Waals surface area contributed by atoms with E-state index in [0.29, 0.717) is 11.8 Å². The van der Waals surface area contributed by atoms with Crippen molar-refractivity contribution in [1.82, 2.24) is 4.57 Å². The Labute approximate surface area is 209 Å². The average molecular weight is 535 g/mol. The molecule has 0 saturated carbocycles. The van der Waals surface area contributed by atoms with Gasteiger partial charge in [0.05, 0.1) is 52.0 Å². The van der Waals surface area contributed by atoms with Gasteiger partial charge in [0.1, 0.15) is 11.2 Å². The van der Waals surface area contributed by atoms with Crippen molar-refractivity contribution in [3.63, 3.8) is 0 Å². The molecule has 0 aliphatic carbocycles. The van der Waals surface area contributed by atoms with Gasteiger partial charge in [-0.1, -0.05) is 6.07 Å². The van der Waals surface area contributed by atoms with Gasteiger partial charge in [0.25, 0.3) is 0 Å². The van der Waals surface area contributed by atoms with Gasteiger partial charge in [-0.25, -0.2) is 13.6 Å². The van der Waals surface area contributed by atoms with Crippen LogP contribution in [0, 0.1) is 11.3 Å². The number of rotatable bonds is 3. The molecular formula is C24H21F3N4O5S. The molecule has 0 amide bonds. The van der Waals surface area contributed by atoms with Crippen LogP contribution in [0.25, 0.3) is 5.69 Å². The summed E-state index contributed by atoms with van der Waals surface area (Å²) in [6, 6.07) is 10.4. The smallest absolute Gasteiger partial charge is 0.417 e. The Balaban J connectivity index is 1.63. The van der Waals surface area contributed by atoms with Crippen LogP contribution in [0.1, 0.15) is 36.1 Å². The van der Waals surface area contributed by atoms with Gasteiger partial charge in [-0.05, 0) is 50.2 Å². The first-order valence-corrected chi connectivity index (χ1v) is 12.5. The second kappa shape index (κ2) is 7.64. The van der Waals surface area contributed by atoms with Crippen molar-refractivity contribution < 1.29 is 36.5 Å². The van der Waals surface area contributed by atoms with E-state index in [4.69, 9.17) is 15.1 Å². The fourth-order valence-corrected chi connectivity index (χ4v) is 6.00. The predicted octanol–water partition coefficient (Wildman–Crippen LogP) is 3.41. The minimum Gasteiger partial charge on any atom is -0.494 e. The monoisotopic (exact) mass is 534 g/mol. The lowest BCUT2D eigenvalue weighted by Gasteiger charge is -2.45. The quantitative estimate of drug-likeness (QED) is 0.468. The molecule has 37 heavy (non-hydrogen) atoms. The molecule has 13 heteroatoms. The minimum absolute atomic E-state index is 0.0871. The van der Waals surface area contributed by atoms with Crippen LogP contribution in [0.5, 0.6) is 11.8 Å². The number of nitrogens with two attached hydrogens (primary N) is 1. The molecule has 0 spiro atoms. The highest BCUT2D eigenvalue weighted by Gasteiger charge is 2.59. The Kier molecular flexibility index (Phi) is 5.15. The van der Waals surface area contributed by atoms with Gasteiger partial charge in [0.15, 0.2) is 0 Å². The lowest BCUT2D eigenvalue weighted by atomic mass is 9.94. The topological polar surface area (TPSA) is 142 Å². The van der Waals surface area contributed by atoms with E-state index in [2.05, 4.69) is 0 Å². The number of nitriles is 1. The number of benzene rings is 2. The maximum Gasteiger partial charge on any atom is 0.417 e. The molecule has 2 aliphatic heterocycles. The SMILES string of the molecule is C[C@]12CN(c3cccc(S(N)(=O)=O)c3)C[C@](C)(O1)c1c2c(O)n(-c2ccc(C#N)c(C(F)(F)F)c2)c1O. The summed E-state index contributed by atoms with van der Waals surface area (Å²) < 4.78 is 71.5. The highest BCUT2D eigenvalue weighted by Crippen LogP contribution is 2.59. The van der Waals surface area contributed by atoms with Crippen molar-refractivity contribution in [2.45, 2.75) is 36.1 Å². The van der Waals surface area contributed by atoms with Crippen LogP contribution in [0.4, 0.5) is 18.9 Å². The fraction of sp³-hybridized carbons (Fsp3) is 0.292. The number of alkyl halides is 3. The van der Waals surface area contributed by atoms with E-state index in [1.165, 1.54) is 30.3 Å². The van der Waals surface area contributed by atoms with Crippen molar-refractivity contribution in [3.05, 3.63) is 64.7 Å². The van der Waals surface area contributed by atoms with Crippen molar-refractivity contribution in [2.75, 3.05) is 18.0 Å². The molecule has 3 heterocycles. The van der Waals surface area contributed by atoms with E-state index in [9.17, 15) is 31.8 Å². The minimum atomic E-state index is -4.83. The molecule has 2 atom stereocenters. The summed E-state index contributed by atoms with van der Waals surface area (Å²) in [5.41, 5.74) is -3.48. The third kappa shape index (κ3) is 3.71. The molecule has 1 aromatic heterocycles. The van der Waals surface area contributed by atoms with Crippen LogP contribution in [0.3, 0.4) is 0 Å². The molecule has 194 valence electrons. The van der Waals surface area contributed by atoms with Crippen LogP contribution in [0.15, 0.2) is 47.4 Å². The van der Waals surface area contributed by atoms with Gasteiger partial charge in [-0.2, -0.15) is 18.4 Å². The van der Waals surface area contributed by atoms with E-state index in [-0.39, 0.29) is 34.8 Å². The Bertz CT molecular complexity index is 1570. The first-order chi connectivity index (χ1) is 17.1. The molecule has 2 aromatic carbocycles. The van der Waals surface area contributed by atoms with Gasteiger partial charge in [0.2, 0.25) is 21.8 Å². The largest absolute Gasteiger partial charge is 0.494 e. The number of sulfonamides is 1. The summed E-state index contributed by atoms with van der Waals surface area (Å²) in [5, 5.41) is 36.8. The Morgan fingerprint density at radius 2 is 1.62 bits per heavy atom. The molecular weight excluding hydrogens is 513 g/mol. The second-order valence-corrected chi connectivity index (χ2v) is 11.1. The molecule has 1 fully saturated rings. The van der Waals surface area contributed by atoms with Crippen LogP contribution in [-0.4, -0.2) is 36.3 Å². The lowest BCUT2D eigenvalue weighted by Crippen LogP contribution is -2.52. The molecule has 0 radical (unpaired) electrons. The van der Waals surface area contributed by atoms with Crippen LogP contribution >= 0.6 is 0 Å². The summed E-state index contributed by atoms with van der Waals surface area (Å²) in [6.45, 7) is 3.58. The van der Waals surface area contributed by atoms with Crippen LogP contribution in [-0.2, 0) is 32.1 Å². The predicted molar refractivity (Wildman–Crippen MR) is 125 cm³/mol. The number of morpholine rings is 1. The number of anilines is 1. The molecule has 3 aromatic rings. The summed E-state index contributed by atoms with van der Waals surface area (Å²) in [5.74, 6) is -1.01. The highest BCUT2D eigenvalue weighted by atomic mass is 32.2. The number of ether oxygens (including phenoxy) is 1. The molecule has 5 rings (SSSR count). The van der Waals surface area contributed by atoms with Crippen molar-refractivity contribution in [2.24, 2.45) is 5.14 Å². The van der Waals surface area contributed by atoms with Gasteiger partial charge in [-0.15, -0.1) is 0 Å². The van der Waals surface area contributed by atoms with Gasteiger partial charge in [0, 0.05) is 5.69 Å². The normalized spacial score (nSPS) is 23.1. The van der Waals surface area contributed by atoms with Gasteiger partial charge < -0.3 is 19.8 Å². The van der Waals surface area contributed by atoms with Crippen molar-refractivity contribution in [3.8, 4) is 23.5 Å². The number of hydrogen-bond acceptors (Lipinski definition) is 7. The Morgan fingerprint density at radius 3 is 2.14 bits per heavy atom. The number of nitrogens with zero attached hydrogens (tertiary/aromatic N) is 3. The molecule has 9 nitrogen and oxygen atoms in total. The van der Waals surface area contributed by atoms with Crippen LogP contribution in [0.2, 0.25) is 0 Å². The van der Waals surface area contributed by atoms with E-state index >= 15 is 0 Å². The fourth-order valence-electron chi connectivity index (χ4n) is 5.44. The first-order valence-electron chi connectivity index (χ1n) is 11.0. The first kappa shape index (κ1) is 24.9. The van der Waals surface area contributed by atoms with Crippen molar-refractivity contribution >= 4 is 15.7 Å². The lowest BCUT2D eigenvalue weighted by molar-refractivity contribution is -0.139. The highest BCUT2D eigenvalue weighted by molar-refractivity contribution is 7.89. The molecule has 0 unspecified atom stereocenters. The van der Waals surface area contributed by atoms with Gasteiger partial charge >= 0.3 is 6.18 Å². The van der Waals surface area contributed by atoms with Crippen LogP contribution < -0.4 is 10.0 Å². The maximum absolute atomic E-state index is 13.6. The zero-order chi connectivity index (χ0) is 27.1. The molecule has 1 saturated heterocycles. The number of halogens is 3. The number of primary sulfonamides is 1. The summed E-state index contributed by atoms with van der Waals surface area (Å²) in [6.07, 6.45) is -4.83. The number of aromatic nitrogens is 1. The van der Waals surface area contributed by atoms with E-state index in [1.54, 1.807) is 19.9 Å². The van der Waals surface area contributed by atoms with E-state index < -0.39 is 50.3 Å². The van der Waals surface area contributed by atoms with E-state index in [1.807, 2.05) is 4.90 Å². The number of aromatic hydroxyl groups is 2. The molecule has 4 N–H and O–H groups in total. The van der Waals surface area contributed by atoms with Gasteiger partial charge in [-0.3, -0.25) is 4.57 Å². The van der Waals surface area contributed by atoms with E-state index in [0.717, 1.165) is 10.6 Å². The molecule has 2 aliphatic rings. The second-order valence-electron chi connectivity index (χ2n) is 9.53. The number of hydrogen-bond donors (Lipinski definition) is 3. The summed E-state index contributed by atoms with van der Waals surface area (Å²) in [7, 11) is -3.96. The average Bonchev–Trinajstić information content (AvgIpc) is 3.17. The third-order valence-corrected chi connectivity index (χ3v) is 7.72. The number of fused-ring (bicyclic) bond motifs is 5. The Morgan fingerprint density at radius 1 is 1.03 bits per heavy atom. The third-order valence-electron chi connectivity index (χ3n) is 6.81.